The number of hydrogen-bond acceptors (Lipinski definition) is 7. The van der Waals surface area contributed by atoms with Crippen LogP contribution in [0.25, 0.3) is 0 Å². The molecule has 9 heteroatoms. The molecule has 22 heavy (non-hydrogen) atoms. The van der Waals surface area contributed by atoms with Crippen LogP contribution in [0.1, 0.15) is 23.5 Å². The van der Waals surface area contributed by atoms with Gasteiger partial charge in [0.05, 0.1) is 6.04 Å². The zero-order valence-electron chi connectivity index (χ0n) is 12.6. The fraction of sp³-hybridized carbons (Fsp3) is 0.615. The highest BCUT2D eigenvalue weighted by Gasteiger charge is 2.25. The number of aryl methyl sites for hydroxylation is 2. The number of piperazine rings is 1. The minimum atomic E-state index is 0. The van der Waals surface area contributed by atoms with Gasteiger partial charge in [-0.2, -0.15) is 4.98 Å². The highest BCUT2D eigenvalue weighted by atomic mass is 35.5. The number of nitrogens with one attached hydrogen (secondary N) is 1. The van der Waals surface area contributed by atoms with Crippen LogP contribution in [0.4, 0.5) is 0 Å². The average Bonchev–Trinajstić information content (AvgIpc) is 3.05. The number of thiazole rings is 1. The molecular formula is C13H20ClN5O2S. The smallest absolute Gasteiger partial charge is 0.307 e. The Bertz CT molecular complexity index is 667. The summed E-state index contributed by atoms with van der Waals surface area (Å²) in [7, 11) is 2.07. The minimum Gasteiger partial charge on any atom is -0.339 e. The van der Waals surface area contributed by atoms with Gasteiger partial charge < -0.3 is 14.4 Å². The van der Waals surface area contributed by atoms with Gasteiger partial charge in [0.2, 0.25) is 5.89 Å². The van der Waals surface area contributed by atoms with Crippen LogP contribution in [-0.2, 0) is 13.0 Å². The first kappa shape index (κ1) is 17.1. The normalized spacial score (nSPS) is 19.1. The average molecular weight is 346 g/mol. The van der Waals surface area contributed by atoms with Crippen molar-refractivity contribution in [3.8, 4) is 0 Å². The monoisotopic (exact) mass is 345 g/mol. The van der Waals surface area contributed by atoms with Gasteiger partial charge in [0.1, 0.15) is 0 Å². The van der Waals surface area contributed by atoms with Crippen molar-refractivity contribution in [2.45, 2.75) is 25.9 Å². The van der Waals surface area contributed by atoms with Gasteiger partial charge in [0, 0.05) is 43.7 Å². The van der Waals surface area contributed by atoms with Crippen LogP contribution >= 0.6 is 23.7 Å². The molecule has 1 saturated heterocycles. The van der Waals surface area contributed by atoms with Crippen LogP contribution in [0.15, 0.2) is 14.7 Å². The van der Waals surface area contributed by atoms with E-state index in [1.165, 1.54) is 11.3 Å². The molecule has 1 N–H and O–H groups in total. The van der Waals surface area contributed by atoms with E-state index in [0.717, 1.165) is 25.3 Å². The lowest BCUT2D eigenvalue weighted by Gasteiger charge is -2.30. The van der Waals surface area contributed by atoms with Gasteiger partial charge in [-0.3, -0.25) is 9.69 Å². The second-order valence-corrected chi connectivity index (χ2v) is 6.11. The molecule has 0 bridgehead atoms. The molecule has 7 nitrogen and oxygen atoms in total. The Labute approximate surface area is 138 Å². The summed E-state index contributed by atoms with van der Waals surface area (Å²) in [6.07, 6.45) is 0.578. The van der Waals surface area contributed by atoms with Crippen molar-refractivity contribution >= 4 is 23.7 Å². The molecule has 2 aromatic rings. The Balaban J connectivity index is 0.00000176. The highest BCUT2D eigenvalue weighted by molar-refractivity contribution is 7.07. The molecule has 122 valence electrons. The van der Waals surface area contributed by atoms with E-state index in [9.17, 15) is 4.79 Å². The van der Waals surface area contributed by atoms with E-state index in [2.05, 4.69) is 27.4 Å². The van der Waals surface area contributed by atoms with Crippen molar-refractivity contribution in [1.29, 1.82) is 0 Å². The quantitative estimate of drug-likeness (QED) is 0.885. The molecule has 1 aliphatic rings. The van der Waals surface area contributed by atoms with E-state index >= 15 is 0 Å². The van der Waals surface area contributed by atoms with Crippen LogP contribution in [0.3, 0.4) is 0 Å². The third kappa shape index (κ3) is 3.57. The lowest BCUT2D eigenvalue weighted by Crippen LogP contribution is -2.44. The van der Waals surface area contributed by atoms with Crippen molar-refractivity contribution in [1.82, 2.24) is 24.9 Å². The molecule has 0 spiro atoms. The van der Waals surface area contributed by atoms with E-state index in [0.29, 0.717) is 24.7 Å². The number of rotatable bonds is 4. The van der Waals surface area contributed by atoms with E-state index in [1.807, 2.05) is 12.3 Å². The summed E-state index contributed by atoms with van der Waals surface area (Å²) in [5, 5.41) is 9.28. The summed E-state index contributed by atoms with van der Waals surface area (Å²) < 4.78 is 7.06. The van der Waals surface area contributed by atoms with Crippen molar-refractivity contribution in [3.05, 3.63) is 32.5 Å². The van der Waals surface area contributed by atoms with E-state index in [-0.39, 0.29) is 23.3 Å². The van der Waals surface area contributed by atoms with Gasteiger partial charge in [-0.1, -0.05) is 16.5 Å². The Kier molecular flexibility index (Phi) is 5.74. The van der Waals surface area contributed by atoms with E-state index in [1.54, 1.807) is 4.57 Å². The first-order valence-electron chi connectivity index (χ1n) is 7.03. The predicted octanol–water partition coefficient (Wildman–Crippen LogP) is 0.842. The third-order valence-electron chi connectivity index (χ3n) is 3.82. The maximum absolute atomic E-state index is 11.7. The molecule has 2 aromatic heterocycles. The number of halogens is 1. The molecule has 1 atom stereocenters. The summed E-state index contributed by atoms with van der Waals surface area (Å²) in [4.78, 5) is 18.4. The molecule has 0 radical (unpaired) electrons. The fourth-order valence-corrected chi connectivity index (χ4v) is 3.24. The summed E-state index contributed by atoms with van der Waals surface area (Å²) >= 11 is 1.22. The number of likely N-dealkylation sites (N-methyl/N-ethyl adjacent to an activating group) is 1. The van der Waals surface area contributed by atoms with Gasteiger partial charge >= 0.3 is 4.87 Å². The topological polar surface area (TPSA) is 76.2 Å². The first-order chi connectivity index (χ1) is 10.1. The molecule has 0 aliphatic carbocycles. The molecule has 0 saturated carbocycles. The number of hydrogen-bond donors (Lipinski definition) is 1. The Morgan fingerprint density at radius 2 is 2.36 bits per heavy atom. The zero-order chi connectivity index (χ0) is 14.8. The van der Waals surface area contributed by atoms with Crippen molar-refractivity contribution < 1.29 is 4.52 Å². The molecule has 0 amide bonds. The van der Waals surface area contributed by atoms with Gasteiger partial charge in [0.25, 0.3) is 0 Å². The van der Waals surface area contributed by atoms with E-state index < -0.39 is 0 Å². The molecule has 3 heterocycles. The second-order valence-electron chi connectivity index (χ2n) is 5.29. The van der Waals surface area contributed by atoms with Crippen LogP contribution in [0, 0.1) is 6.92 Å². The lowest BCUT2D eigenvalue weighted by molar-refractivity contribution is 0.190. The molecular weight excluding hydrogens is 326 g/mol. The number of nitrogens with zero attached hydrogens (tertiary/aromatic N) is 4. The Morgan fingerprint density at radius 1 is 1.55 bits per heavy atom. The largest absolute Gasteiger partial charge is 0.339 e. The van der Waals surface area contributed by atoms with Crippen LogP contribution in [0.2, 0.25) is 0 Å². The summed E-state index contributed by atoms with van der Waals surface area (Å²) in [5.74, 6) is 1.30. The van der Waals surface area contributed by atoms with Crippen LogP contribution in [0.5, 0.6) is 0 Å². The highest BCUT2D eigenvalue weighted by Crippen LogP contribution is 2.17. The van der Waals surface area contributed by atoms with Gasteiger partial charge in [-0.05, 0) is 14.0 Å². The molecule has 1 unspecified atom stereocenters. The fourth-order valence-electron chi connectivity index (χ4n) is 2.48. The van der Waals surface area contributed by atoms with Gasteiger partial charge in [-0.15, -0.1) is 12.4 Å². The first-order valence-corrected chi connectivity index (χ1v) is 7.91. The molecule has 1 aliphatic heterocycles. The van der Waals surface area contributed by atoms with Crippen molar-refractivity contribution in [2.24, 2.45) is 0 Å². The lowest BCUT2D eigenvalue weighted by atomic mass is 10.2. The standard InChI is InChI=1S/C13H19N5O2S.ClH/c1-9-8-21-13(19)18(9)5-3-11-15-12(16-20-11)10-7-14-4-6-17(10)2;/h8,10,14H,3-7H2,1-2H3;1H. The zero-order valence-corrected chi connectivity index (χ0v) is 14.2. The van der Waals surface area contributed by atoms with Crippen molar-refractivity contribution in [3.63, 3.8) is 0 Å². The van der Waals surface area contributed by atoms with Crippen LogP contribution in [-0.4, -0.2) is 46.3 Å². The third-order valence-corrected chi connectivity index (χ3v) is 4.70. The molecule has 1 fully saturated rings. The molecule has 3 rings (SSSR count). The van der Waals surface area contributed by atoms with Gasteiger partial charge in [-0.25, -0.2) is 0 Å². The van der Waals surface area contributed by atoms with E-state index in [4.69, 9.17) is 4.52 Å². The second kappa shape index (κ2) is 7.36. The SMILES string of the molecule is Cc1csc(=O)n1CCc1nc(C2CNCCN2C)no1.Cl. The maximum Gasteiger partial charge on any atom is 0.307 e. The molecule has 0 aromatic carbocycles. The number of aromatic nitrogens is 3. The van der Waals surface area contributed by atoms with Crippen LogP contribution < -0.4 is 10.2 Å². The predicted molar refractivity (Wildman–Crippen MR) is 86.8 cm³/mol. The summed E-state index contributed by atoms with van der Waals surface area (Å²) in [6.45, 7) is 5.29. The Morgan fingerprint density at radius 3 is 3.05 bits per heavy atom. The summed E-state index contributed by atoms with van der Waals surface area (Å²) in [6, 6.07) is 0.154. The summed E-state index contributed by atoms with van der Waals surface area (Å²) in [5.41, 5.74) is 0.973. The minimum absolute atomic E-state index is 0. The van der Waals surface area contributed by atoms with Gasteiger partial charge in [0.15, 0.2) is 5.82 Å². The Hall–Kier alpha value is -1.22. The maximum atomic E-state index is 11.7. The van der Waals surface area contributed by atoms with Crippen molar-refractivity contribution in [2.75, 3.05) is 26.7 Å².